The molecular formula is C14H16N4O4. The largest absolute Gasteiger partial charge is 0.434 e. The molecule has 8 heteroatoms. The molecule has 0 aromatic carbocycles. The van der Waals surface area contributed by atoms with Crippen molar-refractivity contribution in [2.75, 3.05) is 13.1 Å². The van der Waals surface area contributed by atoms with Crippen LogP contribution in [0.5, 0.6) is 0 Å². The van der Waals surface area contributed by atoms with Gasteiger partial charge in [0, 0.05) is 36.3 Å². The topological polar surface area (TPSA) is 112 Å². The minimum atomic E-state index is -0.563. The van der Waals surface area contributed by atoms with Gasteiger partial charge >= 0.3 is 5.76 Å². The fourth-order valence-corrected chi connectivity index (χ4v) is 2.73. The third-order valence-electron chi connectivity index (χ3n) is 3.81. The monoisotopic (exact) mass is 304 g/mol. The smallest absolute Gasteiger partial charge is 0.392 e. The molecule has 0 radical (unpaired) electrons. The minimum Gasteiger partial charge on any atom is -0.392 e. The van der Waals surface area contributed by atoms with Crippen molar-refractivity contribution in [1.29, 1.82) is 0 Å². The van der Waals surface area contributed by atoms with Gasteiger partial charge in [0.1, 0.15) is 0 Å². The maximum atomic E-state index is 12.4. The second kappa shape index (κ2) is 5.63. The Balaban J connectivity index is 1.69. The number of aryl methyl sites for hydroxylation is 1. The van der Waals surface area contributed by atoms with Crippen LogP contribution in [0, 0.1) is 6.92 Å². The van der Waals surface area contributed by atoms with E-state index in [1.165, 1.54) is 6.07 Å². The second-order valence-corrected chi connectivity index (χ2v) is 5.43. The highest BCUT2D eigenvalue weighted by atomic mass is 16.4. The third kappa shape index (κ3) is 2.85. The highest BCUT2D eigenvalue weighted by molar-refractivity contribution is 5.94. The lowest BCUT2D eigenvalue weighted by atomic mass is 9.96. The van der Waals surface area contributed by atoms with Crippen LogP contribution in [0.15, 0.2) is 26.1 Å². The molecular weight excluding hydrogens is 288 g/mol. The molecule has 0 saturated carbocycles. The van der Waals surface area contributed by atoms with Crippen LogP contribution in [-0.2, 0) is 0 Å². The quantitative estimate of drug-likeness (QED) is 0.833. The van der Waals surface area contributed by atoms with Gasteiger partial charge < -0.3 is 14.3 Å². The van der Waals surface area contributed by atoms with E-state index in [4.69, 9.17) is 4.42 Å². The molecule has 2 aromatic rings. The molecule has 0 bridgehead atoms. The van der Waals surface area contributed by atoms with Crippen molar-refractivity contribution in [1.82, 2.24) is 20.1 Å². The molecule has 8 nitrogen and oxygen atoms in total. The summed E-state index contributed by atoms with van der Waals surface area (Å²) in [5.41, 5.74) is 0.770. The van der Waals surface area contributed by atoms with Crippen molar-refractivity contribution in [3.8, 4) is 0 Å². The first-order chi connectivity index (χ1) is 10.5. The summed E-state index contributed by atoms with van der Waals surface area (Å²) in [6.45, 7) is 2.81. The number of aromatic amines is 2. The van der Waals surface area contributed by atoms with Crippen LogP contribution in [0.3, 0.4) is 0 Å². The standard InChI is InChI=1S/C14H16N4O4/c1-8-6-10(7-11(19)15-8)13(20)18-4-2-9(3-5-18)12-16-17-14(21)22-12/h6-7,9H,2-5H2,1H3,(H,15,19)(H,17,21). The average Bonchev–Trinajstić information content (AvgIpc) is 2.92. The number of H-pyrrole nitrogens is 2. The van der Waals surface area contributed by atoms with Crippen molar-refractivity contribution in [2.24, 2.45) is 0 Å². The van der Waals surface area contributed by atoms with Crippen LogP contribution in [0.25, 0.3) is 0 Å². The van der Waals surface area contributed by atoms with Gasteiger partial charge in [0.25, 0.3) is 5.91 Å². The van der Waals surface area contributed by atoms with E-state index >= 15 is 0 Å². The summed E-state index contributed by atoms with van der Waals surface area (Å²) in [6, 6.07) is 2.98. The van der Waals surface area contributed by atoms with Gasteiger partial charge in [0.15, 0.2) is 0 Å². The van der Waals surface area contributed by atoms with Crippen LogP contribution in [-0.4, -0.2) is 39.1 Å². The number of amides is 1. The zero-order valence-electron chi connectivity index (χ0n) is 12.1. The predicted octanol–water partition coefficient (Wildman–Crippen LogP) is 0.379. The van der Waals surface area contributed by atoms with Gasteiger partial charge in [-0.15, -0.1) is 5.10 Å². The number of nitrogens with zero attached hydrogens (tertiary/aromatic N) is 2. The summed E-state index contributed by atoms with van der Waals surface area (Å²) in [4.78, 5) is 39.2. The summed E-state index contributed by atoms with van der Waals surface area (Å²) in [7, 11) is 0. The minimum absolute atomic E-state index is 0.0314. The van der Waals surface area contributed by atoms with Gasteiger partial charge in [-0.1, -0.05) is 0 Å². The summed E-state index contributed by atoms with van der Waals surface area (Å²) in [5, 5.41) is 6.08. The Kier molecular flexibility index (Phi) is 3.66. The number of carbonyl (C=O) groups is 1. The Morgan fingerprint density at radius 2 is 2.05 bits per heavy atom. The number of nitrogens with one attached hydrogen (secondary N) is 2. The maximum Gasteiger partial charge on any atom is 0.434 e. The summed E-state index contributed by atoms with van der Waals surface area (Å²) < 4.78 is 4.96. The van der Waals surface area contributed by atoms with Crippen molar-refractivity contribution in [3.05, 3.63) is 50.2 Å². The highest BCUT2D eigenvalue weighted by Crippen LogP contribution is 2.26. The van der Waals surface area contributed by atoms with E-state index in [-0.39, 0.29) is 17.4 Å². The van der Waals surface area contributed by atoms with Gasteiger partial charge in [-0.3, -0.25) is 9.59 Å². The van der Waals surface area contributed by atoms with E-state index in [2.05, 4.69) is 15.2 Å². The number of rotatable bonds is 2. The molecule has 1 aliphatic rings. The fraction of sp³-hybridized carbons (Fsp3) is 0.429. The zero-order valence-corrected chi connectivity index (χ0v) is 12.1. The van der Waals surface area contributed by atoms with Gasteiger partial charge in [0.2, 0.25) is 11.4 Å². The summed E-state index contributed by atoms with van der Waals surface area (Å²) in [5.74, 6) is -0.295. The van der Waals surface area contributed by atoms with E-state index in [1.807, 2.05) is 0 Å². The van der Waals surface area contributed by atoms with E-state index < -0.39 is 5.76 Å². The molecule has 1 saturated heterocycles. The lowest BCUT2D eigenvalue weighted by Crippen LogP contribution is -2.38. The predicted molar refractivity (Wildman–Crippen MR) is 76.8 cm³/mol. The van der Waals surface area contributed by atoms with E-state index in [0.29, 0.717) is 43.1 Å². The second-order valence-electron chi connectivity index (χ2n) is 5.43. The first-order valence-corrected chi connectivity index (χ1v) is 7.08. The Labute approximate surface area is 125 Å². The van der Waals surface area contributed by atoms with Crippen LogP contribution in [0.1, 0.15) is 40.7 Å². The van der Waals surface area contributed by atoms with Gasteiger partial charge in [-0.05, 0) is 25.8 Å². The molecule has 1 aliphatic heterocycles. The van der Waals surface area contributed by atoms with E-state index in [1.54, 1.807) is 17.9 Å². The number of aromatic nitrogens is 3. The van der Waals surface area contributed by atoms with Crippen LogP contribution in [0.4, 0.5) is 0 Å². The Bertz CT molecular complexity index is 795. The van der Waals surface area contributed by atoms with E-state index in [0.717, 1.165) is 0 Å². The van der Waals surface area contributed by atoms with Crippen LogP contribution < -0.4 is 11.3 Å². The third-order valence-corrected chi connectivity index (χ3v) is 3.81. The van der Waals surface area contributed by atoms with E-state index in [9.17, 15) is 14.4 Å². The fourth-order valence-electron chi connectivity index (χ4n) is 2.73. The number of hydrogen-bond donors (Lipinski definition) is 2. The number of piperidine rings is 1. The van der Waals surface area contributed by atoms with Crippen molar-refractivity contribution in [2.45, 2.75) is 25.7 Å². The normalized spacial score (nSPS) is 16.0. The summed E-state index contributed by atoms with van der Waals surface area (Å²) >= 11 is 0. The van der Waals surface area contributed by atoms with Gasteiger partial charge in [-0.25, -0.2) is 9.89 Å². The summed E-state index contributed by atoms with van der Waals surface area (Å²) in [6.07, 6.45) is 1.34. The number of likely N-dealkylation sites (tertiary alicyclic amines) is 1. The van der Waals surface area contributed by atoms with Crippen LogP contribution in [0.2, 0.25) is 0 Å². The zero-order chi connectivity index (χ0) is 15.7. The maximum absolute atomic E-state index is 12.4. The lowest BCUT2D eigenvalue weighted by Gasteiger charge is -2.30. The molecule has 22 heavy (non-hydrogen) atoms. The van der Waals surface area contributed by atoms with Crippen molar-refractivity contribution in [3.63, 3.8) is 0 Å². The molecule has 1 amide bonds. The number of hydrogen-bond acceptors (Lipinski definition) is 5. The van der Waals surface area contributed by atoms with Crippen molar-refractivity contribution < 1.29 is 9.21 Å². The molecule has 116 valence electrons. The molecule has 0 spiro atoms. The molecule has 0 unspecified atom stereocenters. The molecule has 0 atom stereocenters. The molecule has 1 fully saturated rings. The molecule has 3 heterocycles. The molecule has 3 rings (SSSR count). The Morgan fingerprint density at radius 3 is 2.64 bits per heavy atom. The molecule has 2 aromatic heterocycles. The van der Waals surface area contributed by atoms with Crippen LogP contribution >= 0.6 is 0 Å². The first-order valence-electron chi connectivity index (χ1n) is 7.08. The first kappa shape index (κ1) is 14.3. The molecule has 2 N–H and O–H groups in total. The number of pyridine rings is 1. The SMILES string of the molecule is Cc1cc(C(=O)N2CCC(c3n[nH]c(=O)o3)CC2)cc(=O)[nH]1. The Morgan fingerprint density at radius 1 is 1.32 bits per heavy atom. The van der Waals surface area contributed by atoms with Gasteiger partial charge in [-0.2, -0.15) is 0 Å². The molecule has 0 aliphatic carbocycles. The highest BCUT2D eigenvalue weighted by Gasteiger charge is 2.27. The average molecular weight is 304 g/mol. The number of carbonyl (C=O) groups excluding carboxylic acids is 1. The lowest BCUT2D eigenvalue weighted by molar-refractivity contribution is 0.0705. The van der Waals surface area contributed by atoms with Gasteiger partial charge in [0.05, 0.1) is 0 Å². The Hall–Kier alpha value is -2.64. The van der Waals surface area contributed by atoms with Crippen molar-refractivity contribution >= 4 is 5.91 Å².